The minimum Gasteiger partial charge on any atom is -0.444 e. The summed E-state index contributed by atoms with van der Waals surface area (Å²) in [5.41, 5.74) is 0.713. The number of rotatable bonds is 1. The zero-order valence-electron chi connectivity index (χ0n) is 13.0. The summed E-state index contributed by atoms with van der Waals surface area (Å²) < 4.78 is 6.43. The van der Waals surface area contributed by atoms with E-state index in [-0.39, 0.29) is 6.09 Å². The standard InChI is InChI=1S/C15H22BrN3O2/c1-11-5-6-17-13(12(11)16)18-7-9-19(10-8-18)14(20)21-15(2,3)4/h5-6H,7-10H2,1-4H3. The third kappa shape index (κ3) is 4.09. The van der Waals surface area contributed by atoms with E-state index in [0.717, 1.165) is 28.9 Å². The van der Waals surface area contributed by atoms with Gasteiger partial charge in [-0.15, -0.1) is 0 Å². The number of nitrogens with zero attached hydrogens (tertiary/aromatic N) is 3. The molecule has 0 spiro atoms. The molecule has 1 aliphatic heterocycles. The van der Waals surface area contributed by atoms with Crippen LogP contribution in [0.3, 0.4) is 0 Å². The number of pyridine rings is 1. The van der Waals surface area contributed by atoms with Crippen molar-refractivity contribution in [2.24, 2.45) is 0 Å². The molecule has 1 saturated heterocycles. The van der Waals surface area contributed by atoms with Gasteiger partial charge in [-0.1, -0.05) is 0 Å². The largest absolute Gasteiger partial charge is 0.444 e. The van der Waals surface area contributed by atoms with E-state index in [1.54, 1.807) is 4.90 Å². The van der Waals surface area contributed by atoms with Gasteiger partial charge < -0.3 is 14.5 Å². The van der Waals surface area contributed by atoms with Crippen molar-refractivity contribution in [2.75, 3.05) is 31.1 Å². The van der Waals surface area contributed by atoms with Gasteiger partial charge in [-0.05, 0) is 55.3 Å². The fourth-order valence-corrected chi connectivity index (χ4v) is 2.66. The summed E-state index contributed by atoms with van der Waals surface area (Å²) in [5, 5.41) is 0. The Kier molecular flexibility index (Phi) is 4.76. The molecule has 0 unspecified atom stereocenters. The number of ether oxygens (including phenoxy) is 1. The fourth-order valence-electron chi connectivity index (χ4n) is 2.17. The number of anilines is 1. The topological polar surface area (TPSA) is 45.7 Å². The molecule has 0 aliphatic carbocycles. The highest BCUT2D eigenvalue weighted by Gasteiger charge is 2.27. The van der Waals surface area contributed by atoms with Gasteiger partial charge in [-0.3, -0.25) is 0 Å². The number of aryl methyl sites for hydroxylation is 1. The van der Waals surface area contributed by atoms with Crippen LogP contribution >= 0.6 is 15.9 Å². The second-order valence-corrected chi connectivity index (χ2v) is 7.01. The van der Waals surface area contributed by atoms with Gasteiger partial charge in [0.25, 0.3) is 0 Å². The van der Waals surface area contributed by atoms with Gasteiger partial charge in [0.15, 0.2) is 0 Å². The molecule has 0 atom stereocenters. The van der Waals surface area contributed by atoms with Crippen molar-refractivity contribution in [3.63, 3.8) is 0 Å². The van der Waals surface area contributed by atoms with Crippen LogP contribution in [0.2, 0.25) is 0 Å². The van der Waals surface area contributed by atoms with Gasteiger partial charge in [0, 0.05) is 32.4 Å². The van der Waals surface area contributed by atoms with Crippen LogP contribution in [0, 0.1) is 6.92 Å². The van der Waals surface area contributed by atoms with Crippen molar-refractivity contribution in [1.29, 1.82) is 0 Å². The van der Waals surface area contributed by atoms with Crippen LogP contribution in [-0.4, -0.2) is 47.8 Å². The van der Waals surface area contributed by atoms with Crippen molar-refractivity contribution in [2.45, 2.75) is 33.3 Å². The summed E-state index contributed by atoms with van der Waals surface area (Å²) in [6.07, 6.45) is 1.58. The zero-order chi connectivity index (χ0) is 15.6. The Morgan fingerprint density at radius 1 is 1.29 bits per heavy atom. The minimum absolute atomic E-state index is 0.238. The first-order valence-electron chi connectivity index (χ1n) is 7.12. The van der Waals surface area contributed by atoms with E-state index >= 15 is 0 Å². The fraction of sp³-hybridized carbons (Fsp3) is 0.600. The maximum atomic E-state index is 12.0. The molecular weight excluding hydrogens is 334 g/mol. The molecular formula is C15H22BrN3O2. The van der Waals surface area contributed by atoms with Gasteiger partial charge in [0.05, 0.1) is 4.47 Å². The Balaban J connectivity index is 1.97. The highest BCUT2D eigenvalue weighted by atomic mass is 79.9. The van der Waals surface area contributed by atoms with E-state index in [2.05, 4.69) is 25.8 Å². The average molecular weight is 356 g/mol. The second kappa shape index (κ2) is 6.22. The Morgan fingerprint density at radius 2 is 1.90 bits per heavy atom. The SMILES string of the molecule is Cc1ccnc(N2CCN(C(=O)OC(C)(C)C)CC2)c1Br. The van der Waals surface area contributed by atoms with Crippen LogP contribution in [-0.2, 0) is 4.74 Å². The monoisotopic (exact) mass is 355 g/mol. The number of hydrogen-bond donors (Lipinski definition) is 0. The predicted molar refractivity (Wildman–Crippen MR) is 86.7 cm³/mol. The van der Waals surface area contributed by atoms with E-state index in [4.69, 9.17) is 4.74 Å². The molecule has 1 aromatic heterocycles. The smallest absolute Gasteiger partial charge is 0.410 e. The Morgan fingerprint density at radius 3 is 2.48 bits per heavy atom. The molecule has 0 saturated carbocycles. The van der Waals surface area contributed by atoms with Crippen LogP contribution in [0.25, 0.3) is 0 Å². The van der Waals surface area contributed by atoms with Gasteiger partial charge >= 0.3 is 6.09 Å². The van der Waals surface area contributed by atoms with E-state index in [1.165, 1.54) is 0 Å². The molecule has 21 heavy (non-hydrogen) atoms. The van der Waals surface area contributed by atoms with Gasteiger partial charge in [0.2, 0.25) is 0 Å². The maximum Gasteiger partial charge on any atom is 0.410 e. The maximum absolute atomic E-state index is 12.0. The van der Waals surface area contributed by atoms with Gasteiger partial charge in [-0.2, -0.15) is 0 Å². The summed E-state index contributed by atoms with van der Waals surface area (Å²) in [7, 11) is 0. The van der Waals surface area contributed by atoms with Crippen LogP contribution < -0.4 is 4.90 Å². The normalized spacial score (nSPS) is 16.0. The average Bonchev–Trinajstić information content (AvgIpc) is 2.40. The van der Waals surface area contributed by atoms with Crippen molar-refractivity contribution in [1.82, 2.24) is 9.88 Å². The molecule has 1 aliphatic rings. The third-order valence-corrected chi connectivity index (χ3v) is 4.27. The van der Waals surface area contributed by atoms with Crippen molar-refractivity contribution >= 4 is 27.8 Å². The number of aromatic nitrogens is 1. The van der Waals surface area contributed by atoms with Crippen LogP contribution in [0.1, 0.15) is 26.3 Å². The van der Waals surface area contributed by atoms with Crippen molar-refractivity contribution in [3.05, 3.63) is 22.3 Å². The molecule has 0 bridgehead atoms. The number of carbonyl (C=O) groups excluding carboxylic acids is 1. The third-order valence-electron chi connectivity index (χ3n) is 3.29. The molecule has 0 aromatic carbocycles. The molecule has 6 heteroatoms. The predicted octanol–water partition coefficient (Wildman–Crippen LogP) is 3.21. The lowest BCUT2D eigenvalue weighted by molar-refractivity contribution is 0.0240. The second-order valence-electron chi connectivity index (χ2n) is 6.22. The summed E-state index contributed by atoms with van der Waals surface area (Å²) >= 11 is 3.59. The number of amides is 1. The lowest BCUT2D eigenvalue weighted by Gasteiger charge is -2.36. The molecule has 1 amide bonds. The Bertz CT molecular complexity index is 520. The van der Waals surface area contributed by atoms with Crippen LogP contribution in [0.5, 0.6) is 0 Å². The highest BCUT2D eigenvalue weighted by molar-refractivity contribution is 9.10. The number of hydrogen-bond acceptors (Lipinski definition) is 4. The van der Waals surface area contributed by atoms with Gasteiger partial charge in [0.1, 0.15) is 11.4 Å². The first-order valence-corrected chi connectivity index (χ1v) is 7.91. The highest BCUT2D eigenvalue weighted by Crippen LogP contribution is 2.27. The number of carbonyl (C=O) groups is 1. The van der Waals surface area contributed by atoms with Gasteiger partial charge in [-0.25, -0.2) is 9.78 Å². The lowest BCUT2D eigenvalue weighted by Crippen LogP contribution is -2.50. The van der Waals surface area contributed by atoms with E-state index in [0.29, 0.717) is 13.1 Å². The van der Waals surface area contributed by atoms with Crippen LogP contribution in [0.4, 0.5) is 10.6 Å². The molecule has 1 aromatic rings. The quantitative estimate of drug-likeness (QED) is 0.775. The summed E-state index contributed by atoms with van der Waals surface area (Å²) in [6.45, 7) is 10.5. The van der Waals surface area contributed by atoms with Crippen LogP contribution in [0.15, 0.2) is 16.7 Å². The van der Waals surface area contributed by atoms with E-state index in [1.807, 2.05) is 40.0 Å². The number of piperazine rings is 1. The molecule has 2 rings (SSSR count). The summed E-state index contributed by atoms with van der Waals surface area (Å²) in [6, 6.07) is 1.98. The van der Waals surface area contributed by atoms with E-state index in [9.17, 15) is 4.79 Å². The minimum atomic E-state index is -0.449. The number of halogens is 1. The first-order chi connectivity index (χ1) is 9.78. The Labute approximate surface area is 134 Å². The molecule has 0 N–H and O–H groups in total. The molecule has 1 fully saturated rings. The summed E-state index contributed by atoms with van der Waals surface area (Å²) in [5.74, 6) is 0.943. The summed E-state index contributed by atoms with van der Waals surface area (Å²) in [4.78, 5) is 20.4. The van der Waals surface area contributed by atoms with E-state index < -0.39 is 5.60 Å². The first kappa shape index (κ1) is 16.1. The molecule has 116 valence electrons. The lowest BCUT2D eigenvalue weighted by atomic mass is 10.2. The molecule has 2 heterocycles. The zero-order valence-corrected chi connectivity index (χ0v) is 14.6. The Hall–Kier alpha value is -1.30. The molecule has 5 nitrogen and oxygen atoms in total. The van der Waals surface area contributed by atoms with Crippen molar-refractivity contribution < 1.29 is 9.53 Å². The molecule has 0 radical (unpaired) electrons. The van der Waals surface area contributed by atoms with Crippen molar-refractivity contribution in [3.8, 4) is 0 Å².